The van der Waals surface area contributed by atoms with E-state index < -0.39 is 0 Å². The fraction of sp³-hybridized carbons (Fsp3) is 0.607. The van der Waals surface area contributed by atoms with Gasteiger partial charge >= 0.3 is 0 Å². The van der Waals surface area contributed by atoms with Crippen LogP contribution in [0, 0.1) is 17.3 Å². The van der Waals surface area contributed by atoms with Crippen molar-refractivity contribution in [3.8, 4) is 0 Å². The van der Waals surface area contributed by atoms with E-state index in [4.69, 9.17) is 4.74 Å². The fourth-order valence-corrected chi connectivity index (χ4v) is 8.63. The molecule has 1 aliphatic heterocycles. The fourth-order valence-electron chi connectivity index (χ4n) is 8.22. The van der Waals surface area contributed by atoms with Gasteiger partial charge in [-0.05, 0) is 104 Å². The van der Waals surface area contributed by atoms with Crippen molar-refractivity contribution in [3.05, 3.63) is 52.6 Å². The van der Waals surface area contributed by atoms with Crippen molar-refractivity contribution < 1.29 is 9.53 Å². The minimum atomic E-state index is 0.101. The van der Waals surface area contributed by atoms with Gasteiger partial charge in [0.25, 0.3) is 0 Å². The van der Waals surface area contributed by atoms with Crippen LogP contribution in [0.5, 0.6) is 0 Å². The molecular weight excluding hydrogens is 400 g/mol. The lowest BCUT2D eigenvalue weighted by molar-refractivity contribution is -0.114. The summed E-state index contributed by atoms with van der Waals surface area (Å²) in [5, 5.41) is 0. The van der Waals surface area contributed by atoms with Gasteiger partial charge in [-0.25, -0.2) is 0 Å². The lowest BCUT2D eigenvalue weighted by Crippen LogP contribution is -2.51. The molecule has 0 radical (unpaired) electrons. The van der Waals surface area contributed by atoms with Crippen LogP contribution in [0.25, 0.3) is 0 Å². The molecular formula is C28H34O2S. The second kappa shape index (κ2) is 7.35. The minimum Gasteiger partial charge on any atom is -0.374 e. The lowest BCUT2D eigenvalue weighted by atomic mass is 9.51. The Morgan fingerprint density at radius 2 is 1.90 bits per heavy atom. The highest BCUT2D eigenvalue weighted by atomic mass is 32.2. The molecule has 1 spiro atoms. The Labute approximate surface area is 190 Å². The minimum absolute atomic E-state index is 0.101. The number of carbonyl (C=O) groups is 1. The molecule has 5 aliphatic rings. The highest BCUT2D eigenvalue weighted by Gasteiger charge is 2.64. The van der Waals surface area contributed by atoms with E-state index in [1.165, 1.54) is 54.6 Å². The molecule has 6 rings (SSSR count). The Bertz CT molecular complexity index is 965. The Kier molecular flexibility index (Phi) is 4.81. The molecule has 31 heavy (non-hydrogen) atoms. The maximum Gasteiger partial charge on any atom is 0.156 e. The van der Waals surface area contributed by atoms with Gasteiger partial charge < -0.3 is 4.74 Å². The molecule has 2 nitrogen and oxygen atoms in total. The summed E-state index contributed by atoms with van der Waals surface area (Å²) < 4.78 is 6.62. The average Bonchev–Trinajstić information content (AvgIpc) is 3.39. The van der Waals surface area contributed by atoms with E-state index in [0.29, 0.717) is 24.0 Å². The predicted octanol–water partition coefficient (Wildman–Crippen LogP) is 6.86. The SMILES string of the molecule is CSc1ccc([C@H]2C[C@@]3(C)[C@@H](CCC34CCCO4)[C@@H]3CCC4=CC(=O)CCC4=C32)cc1. The first-order chi connectivity index (χ1) is 15.0. The van der Waals surface area contributed by atoms with Crippen LogP contribution in [0.2, 0.25) is 0 Å². The normalized spacial score (nSPS) is 39.4. The van der Waals surface area contributed by atoms with Crippen LogP contribution in [0.1, 0.15) is 76.2 Å². The first-order valence-electron chi connectivity index (χ1n) is 12.3. The third-order valence-corrected chi connectivity index (χ3v) is 10.4. The number of carbonyl (C=O) groups excluding carboxylic acids is 1. The highest BCUT2D eigenvalue weighted by molar-refractivity contribution is 7.98. The molecule has 164 valence electrons. The van der Waals surface area contributed by atoms with Gasteiger partial charge in [0.15, 0.2) is 5.78 Å². The van der Waals surface area contributed by atoms with Crippen LogP contribution in [-0.4, -0.2) is 24.2 Å². The van der Waals surface area contributed by atoms with Crippen molar-refractivity contribution in [3.63, 3.8) is 0 Å². The Morgan fingerprint density at radius 3 is 2.65 bits per heavy atom. The summed E-state index contributed by atoms with van der Waals surface area (Å²) in [5.74, 6) is 2.19. The molecule has 0 bridgehead atoms. The summed E-state index contributed by atoms with van der Waals surface area (Å²) in [6, 6.07) is 9.37. The quantitative estimate of drug-likeness (QED) is 0.476. The molecule has 3 fully saturated rings. The van der Waals surface area contributed by atoms with E-state index in [1.807, 2.05) is 17.8 Å². The van der Waals surface area contributed by atoms with Crippen molar-refractivity contribution >= 4 is 17.5 Å². The van der Waals surface area contributed by atoms with Gasteiger partial charge in [-0.2, -0.15) is 0 Å². The molecule has 0 N–H and O–H groups in total. The first-order valence-corrected chi connectivity index (χ1v) is 13.5. The van der Waals surface area contributed by atoms with Crippen molar-refractivity contribution in [1.82, 2.24) is 0 Å². The van der Waals surface area contributed by atoms with Crippen molar-refractivity contribution in [2.45, 2.75) is 81.1 Å². The third kappa shape index (κ3) is 2.92. The van der Waals surface area contributed by atoms with E-state index in [0.717, 1.165) is 25.4 Å². The third-order valence-electron chi connectivity index (χ3n) is 9.65. The van der Waals surface area contributed by atoms with Crippen molar-refractivity contribution in [2.75, 3.05) is 12.9 Å². The van der Waals surface area contributed by atoms with Crippen molar-refractivity contribution in [1.29, 1.82) is 0 Å². The number of benzene rings is 1. The van der Waals surface area contributed by atoms with E-state index >= 15 is 0 Å². The predicted molar refractivity (Wildman–Crippen MR) is 126 cm³/mol. The van der Waals surface area contributed by atoms with Gasteiger partial charge in [-0.1, -0.05) is 24.6 Å². The van der Waals surface area contributed by atoms with Gasteiger partial charge in [0.2, 0.25) is 0 Å². The van der Waals surface area contributed by atoms with Gasteiger partial charge in [-0.3, -0.25) is 4.79 Å². The molecule has 1 heterocycles. The number of thioether (sulfide) groups is 1. The molecule has 1 aromatic carbocycles. The monoisotopic (exact) mass is 434 g/mol. The Hall–Kier alpha value is -1.32. The summed E-state index contributed by atoms with van der Waals surface area (Å²) in [5.41, 5.74) is 6.46. The average molecular weight is 435 g/mol. The zero-order valence-electron chi connectivity index (χ0n) is 18.9. The molecule has 1 unspecified atom stereocenters. The summed E-state index contributed by atoms with van der Waals surface area (Å²) in [6.45, 7) is 3.53. The number of hydrogen-bond donors (Lipinski definition) is 0. The van der Waals surface area contributed by atoms with Gasteiger partial charge in [-0.15, -0.1) is 11.8 Å². The van der Waals surface area contributed by atoms with Crippen molar-refractivity contribution in [2.24, 2.45) is 17.3 Å². The van der Waals surface area contributed by atoms with Crippen LogP contribution < -0.4 is 0 Å². The van der Waals surface area contributed by atoms with E-state index in [9.17, 15) is 4.79 Å². The molecule has 0 amide bonds. The summed E-state index contributed by atoms with van der Waals surface area (Å²) >= 11 is 1.82. The number of allylic oxidation sites excluding steroid dienone is 4. The standard InChI is InChI=1S/C28H34O2S/c1-27-17-24(18-4-8-21(31-2)9-5-18)26-22-11-7-20(29)16-19(22)6-10-23(26)25(27)12-14-28(27)13-3-15-30-28/h4-5,8-9,16,23-25H,3,6-7,10-15,17H2,1-2H3/t23-,24+,25-,27-,28?/m0/s1. The maximum atomic E-state index is 12.2. The van der Waals surface area contributed by atoms with Gasteiger partial charge in [0, 0.05) is 29.3 Å². The molecule has 2 saturated carbocycles. The first kappa shape index (κ1) is 20.3. The van der Waals surface area contributed by atoms with Crippen LogP contribution in [0.3, 0.4) is 0 Å². The number of ether oxygens (including phenoxy) is 1. The second-order valence-corrected chi connectivity index (χ2v) is 11.6. The number of hydrogen-bond acceptors (Lipinski definition) is 3. The topological polar surface area (TPSA) is 26.3 Å². The van der Waals surface area contributed by atoms with E-state index in [-0.39, 0.29) is 11.0 Å². The Balaban J connectivity index is 1.51. The molecule has 1 aromatic rings. The lowest BCUT2D eigenvalue weighted by Gasteiger charge is -2.55. The number of ketones is 1. The van der Waals surface area contributed by atoms with Gasteiger partial charge in [0.1, 0.15) is 0 Å². The van der Waals surface area contributed by atoms with Crippen LogP contribution in [-0.2, 0) is 9.53 Å². The molecule has 3 heteroatoms. The zero-order chi connectivity index (χ0) is 21.2. The number of fused-ring (bicyclic) bond motifs is 5. The highest BCUT2D eigenvalue weighted by Crippen LogP contribution is 2.69. The molecule has 1 saturated heterocycles. The largest absolute Gasteiger partial charge is 0.374 e. The summed E-state index contributed by atoms with van der Waals surface area (Å²) in [7, 11) is 0. The molecule has 5 atom stereocenters. The van der Waals surface area contributed by atoms with E-state index in [2.05, 4.69) is 37.4 Å². The van der Waals surface area contributed by atoms with Crippen LogP contribution >= 0.6 is 11.8 Å². The Morgan fingerprint density at radius 1 is 1.06 bits per heavy atom. The second-order valence-electron chi connectivity index (χ2n) is 10.8. The number of rotatable bonds is 2. The van der Waals surface area contributed by atoms with Gasteiger partial charge in [0.05, 0.1) is 5.60 Å². The van der Waals surface area contributed by atoms with E-state index in [1.54, 1.807) is 11.1 Å². The zero-order valence-corrected chi connectivity index (χ0v) is 19.7. The smallest absolute Gasteiger partial charge is 0.156 e. The van der Waals surface area contributed by atoms with Crippen LogP contribution in [0.4, 0.5) is 0 Å². The maximum absolute atomic E-state index is 12.2. The molecule has 0 aromatic heterocycles. The molecule has 4 aliphatic carbocycles. The summed E-state index contributed by atoms with van der Waals surface area (Å²) in [4.78, 5) is 13.5. The van der Waals surface area contributed by atoms with Crippen LogP contribution in [0.15, 0.2) is 52.0 Å². The summed E-state index contributed by atoms with van der Waals surface area (Å²) in [6.07, 6.45) is 14.3.